The van der Waals surface area contributed by atoms with E-state index in [0.717, 1.165) is 16.8 Å². The first-order valence-electron chi connectivity index (χ1n) is 5.00. The van der Waals surface area contributed by atoms with Crippen LogP contribution in [0.15, 0.2) is 18.3 Å². The Kier molecular flexibility index (Phi) is 4.80. The third kappa shape index (κ3) is 3.58. The number of hydrogen-bond acceptors (Lipinski definition) is 3. The standard InChI is InChI=1S/C11H18N2S/c1-4-9(2)14-8-10-5-6-13-11(7-10)12-3/h5-7,9H,4,8H2,1-3H3,(H,12,13). The predicted molar refractivity (Wildman–Crippen MR) is 64.8 cm³/mol. The van der Waals surface area contributed by atoms with Crippen LogP contribution in [0.4, 0.5) is 5.82 Å². The number of nitrogens with one attached hydrogen (secondary N) is 1. The summed E-state index contributed by atoms with van der Waals surface area (Å²) >= 11 is 1.99. The van der Waals surface area contributed by atoms with Gasteiger partial charge in [0.25, 0.3) is 0 Å². The topological polar surface area (TPSA) is 24.9 Å². The van der Waals surface area contributed by atoms with Gasteiger partial charge in [0.05, 0.1) is 0 Å². The second-order valence-corrected chi connectivity index (χ2v) is 4.76. The van der Waals surface area contributed by atoms with Gasteiger partial charge in [0.15, 0.2) is 0 Å². The molecule has 2 nitrogen and oxygen atoms in total. The first kappa shape index (κ1) is 11.4. The van der Waals surface area contributed by atoms with Gasteiger partial charge in [-0.2, -0.15) is 11.8 Å². The molecule has 3 heteroatoms. The number of thioether (sulfide) groups is 1. The molecule has 1 unspecified atom stereocenters. The Balaban J connectivity index is 2.50. The molecular weight excluding hydrogens is 192 g/mol. The monoisotopic (exact) mass is 210 g/mol. The summed E-state index contributed by atoms with van der Waals surface area (Å²) in [5.74, 6) is 2.03. The van der Waals surface area contributed by atoms with Crippen LogP contribution in [-0.4, -0.2) is 17.3 Å². The largest absolute Gasteiger partial charge is 0.373 e. The SMILES string of the molecule is CCC(C)SCc1ccnc(NC)c1. The fourth-order valence-electron chi connectivity index (χ4n) is 1.06. The van der Waals surface area contributed by atoms with Crippen LogP contribution in [0.1, 0.15) is 25.8 Å². The second kappa shape index (κ2) is 5.91. The first-order valence-corrected chi connectivity index (χ1v) is 6.05. The van der Waals surface area contributed by atoms with Crippen molar-refractivity contribution in [3.63, 3.8) is 0 Å². The Morgan fingerprint density at radius 2 is 2.36 bits per heavy atom. The van der Waals surface area contributed by atoms with Crippen LogP contribution in [0.3, 0.4) is 0 Å². The lowest BCUT2D eigenvalue weighted by Crippen LogP contribution is -1.96. The zero-order chi connectivity index (χ0) is 10.4. The van der Waals surface area contributed by atoms with E-state index in [1.165, 1.54) is 12.0 Å². The van der Waals surface area contributed by atoms with Crippen LogP contribution < -0.4 is 5.32 Å². The van der Waals surface area contributed by atoms with Crippen LogP contribution in [0.25, 0.3) is 0 Å². The number of aromatic nitrogens is 1. The molecule has 1 aromatic rings. The quantitative estimate of drug-likeness (QED) is 0.808. The molecule has 0 aliphatic heterocycles. The molecular formula is C11H18N2S. The fourth-order valence-corrected chi connectivity index (χ4v) is 1.95. The van der Waals surface area contributed by atoms with Gasteiger partial charge >= 0.3 is 0 Å². The molecule has 0 saturated carbocycles. The van der Waals surface area contributed by atoms with E-state index >= 15 is 0 Å². The Labute approximate surface area is 90.5 Å². The van der Waals surface area contributed by atoms with E-state index in [2.05, 4.69) is 36.3 Å². The fraction of sp³-hybridized carbons (Fsp3) is 0.545. The van der Waals surface area contributed by atoms with E-state index < -0.39 is 0 Å². The lowest BCUT2D eigenvalue weighted by molar-refractivity contribution is 0.905. The van der Waals surface area contributed by atoms with Gasteiger partial charge in [0.1, 0.15) is 5.82 Å². The highest BCUT2D eigenvalue weighted by Gasteiger charge is 2.00. The summed E-state index contributed by atoms with van der Waals surface area (Å²) in [6.07, 6.45) is 3.09. The lowest BCUT2D eigenvalue weighted by Gasteiger charge is -2.08. The number of pyridine rings is 1. The maximum Gasteiger partial charge on any atom is 0.125 e. The minimum absolute atomic E-state index is 0.737. The predicted octanol–water partition coefficient (Wildman–Crippen LogP) is 3.16. The Morgan fingerprint density at radius 1 is 1.57 bits per heavy atom. The van der Waals surface area contributed by atoms with Gasteiger partial charge in [-0.25, -0.2) is 4.98 Å². The molecule has 1 N–H and O–H groups in total. The molecule has 1 heterocycles. The highest BCUT2D eigenvalue weighted by Crippen LogP contribution is 2.20. The highest BCUT2D eigenvalue weighted by atomic mass is 32.2. The van der Waals surface area contributed by atoms with Crippen molar-refractivity contribution < 1.29 is 0 Å². The van der Waals surface area contributed by atoms with Gasteiger partial charge in [0, 0.05) is 24.2 Å². The maximum absolute atomic E-state index is 4.18. The van der Waals surface area contributed by atoms with Crippen molar-refractivity contribution >= 4 is 17.6 Å². The van der Waals surface area contributed by atoms with Gasteiger partial charge in [-0.05, 0) is 24.1 Å². The van der Waals surface area contributed by atoms with Gasteiger partial charge in [0.2, 0.25) is 0 Å². The smallest absolute Gasteiger partial charge is 0.125 e. The van der Waals surface area contributed by atoms with E-state index in [4.69, 9.17) is 0 Å². The molecule has 0 spiro atoms. The normalized spacial score (nSPS) is 12.5. The molecule has 0 bridgehead atoms. The van der Waals surface area contributed by atoms with E-state index in [-0.39, 0.29) is 0 Å². The van der Waals surface area contributed by atoms with Crippen LogP contribution in [-0.2, 0) is 5.75 Å². The molecule has 1 rings (SSSR count). The van der Waals surface area contributed by atoms with E-state index in [0.29, 0.717) is 0 Å². The van der Waals surface area contributed by atoms with Gasteiger partial charge in [-0.15, -0.1) is 0 Å². The summed E-state index contributed by atoms with van der Waals surface area (Å²) in [5, 5.41) is 3.79. The van der Waals surface area contributed by atoms with Crippen molar-refractivity contribution in [3.05, 3.63) is 23.9 Å². The molecule has 1 aromatic heterocycles. The van der Waals surface area contributed by atoms with Crippen LogP contribution in [0, 0.1) is 0 Å². The van der Waals surface area contributed by atoms with Crippen LogP contribution in [0.5, 0.6) is 0 Å². The zero-order valence-corrected chi connectivity index (χ0v) is 9.90. The average molecular weight is 210 g/mol. The van der Waals surface area contributed by atoms with E-state index in [1.807, 2.05) is 25.0 Å². The molecule has 0 aliphatic carbocycles. The van der Waals surface area contributed by atoms with Gasteiger partial charge in [-0.3, -0.25) is 0 Å². The second-order valence-electron chi connectivity index (χ2n) is 3.33. The molecule has 0 amide bonds. The van der Waals surface area contributed by atoms with Gasteiger partial charge < -0.3 is 5.32 Å². The molecule has 0 saturated heterocycles. The number of nitrogens with zero attached hydrogens (tertiary/aromatic N) is 1. The van der Waals surface area contributed by atoms with Crippen LogP contribution >= 0.6 is 11.8 Å². The van der Waals surface area contributed by atoms with Crippen LogP contribution in [0.2, 0.25) is 0 Å². The Bertz CT molecular complexity index is 276. The number of hydrogen-bond donors (Lipinski definition) is 1. The molecule has 0 radical (unpaired) electrons. The summed E-state index contributed by atoms with van der Waals surface area (Å²) in [4.78, 5) is 4.18. The van der Waals surface area contributed by atoms with E-state index in [1.54, 1.807) is 0 Å². The van der Waals surface area contributed by atoms with Crippen molar-refractivity contribution in [2.75, 3.05) is 12.4 Å². The Hall–Kier alpha value is -0.700. The number of anilines is 1. The molecule has 0 fully saturated rings. The Morgan fingerprint density at radius 3 is 3.00 bits per heavy atom. The highest BCUT2D eigenvalue weighted by molar-refractivity contribution is 7.99. The van der Waals surface area contributed by atoms with Crippen molar-refractivity contribution in [1.82, 2.24) is 4.98 Å². The molecule has 78 valence electrons. The van der Waals surface area contributed by atoms with Crippen molar-refractivity contribution in [3.8, 4) is 0 Å². The third-order valence-electron chi connectivity index (χ3n) is 2.19. The summed E-state index contributed by atoms with van der Waals surface area (Å²) in [6.45, 7) is 4.49. The van der Waals surface area contributed by atoms with Crippen molar-refractivity contribution in [2.24, 2.45) is 0 Å². The molecule has 14 heavy (non-hydrogen) atoms. The molecule has 1 atom stereocenters. The van der Waals surface area contributed by atoms with Gasteiger partial charge in [-0.1, -0.05) is 13.8 Å². The number of rotatable bonds is 5. The maximum atomic E-state index is 4.18. The average Bonchev–Trinajstić information content (AvgIpc) is 2.26. The summed E-state index contributed by atoms with van der Waals surface area (Å²) in [7, 11) is 1.90. The first-order chi connectivity index (χ1) is 6.76. The third-order valence-corrected chi connectivity index (χ3v) is 3.59. The van der Waals surface area contributed by atoms with Crippen molar-refractivity contribution in [2.45, 2.75) is 31.3 Å². The summed E-state index contributed by atoms with van der Waals surface area (Å²) < 4.78 is 0. The zero-order valence-electron chi connectivity index (χ0n) is 9.08. The molecule has 0 aliphatic rings. The molecule has 0 aromatic carbocycles. The summed E-state index contributed by atoms with van der Waals surface area (Å²) in [6, 6.07) is 4.19. The lowest BCUT2D eigenvalue weighted by atomic mass is 10.3. The van der Waals surface area contributed by atoms with E-state index in [9.17, 15) is 0 Å². The van der Waals surface area contributed by atoms with Crippen molar-refractivity contribution in [1.29, 1.82) is 0 Å². The minimum Gasteiger partial charge on any atom is -0.373 e. The minimum atomic E-state index is 0.737. The summed E-state index contributed by atoms with van der Waals surface area (Å²) in [5.41, 5.74) is 1.34.